The topological polar surface area (TPSA) is 102 Å². The number of anilines is 1. The van der Waals surface area contributed by atoms with Gasteiger partial charge < -0.3 is 14.2 Å². The van der Waals surface area contributed by atoms with E-state index in [9.17, 15) is 13.2 Å². The van der Waals surface area contributed by atoms with Gasteiger partial charge in [0, 0.05) is 50.9 Å². The van der Waals surface area contributed by atoms with Gasteiger partial charge in [-0.1, -0.05) is 11.3 Å². The number of nitrogens with zero attached hydrogens (tertiary/aromatic N) is 4. The SMILES string of the molecule is COc1ccc2sc(N(CCCN3CCOCC3)C(=O)c3ccc(S(=O)(=O)N4CCOCC4)cc3)nc2c1. The summed E-state index contributed by atoms with van der Waals surface area (Å²) >= 11 is 1.45. The van der Waals surface area contributed by atoms with Crippen molar-refractivity contribution in [2.24, 2.45) is 0 Å². The highest BCUT2D eigenvalue weighted by atomic mass is 32.2. The molecule has 2 fully saturated rings. The molecule has 1 amide bonds. The number of carbonyl (C=O) groups excluding carboxylic acids is 1. The van der Waals surface area contributed by atoms with Crippen LogP contribution in [0.5, 0.6) is 5.75 Å². The Morgan fingerprint density at radius 1 is 1.03 bits per heavy atom. The molecule has 0 atom stereocenters. The van der Waals surface area contributed by atoms with Crippen molar-refractivity contribution in [3.05, 3.63) is 48.0 Å². The molecule has 0 aliphatic carbocycles. The van der Waals surface area contributed by atoms with Gasteiger partial charge in [0.1, 0.15) is 5.75 Å². The number of amides is 1. The van der Waals surface area contributed by atoms with Crippen molar-refractivity contribution in [2.75, 3.05) is 77.7 Å². The number of hydrogen-bond donors (Lipinski definition) is 0. The summed E-state index contributed by atoms with van der Waals surface area (Å²) in [5.41, 5.74) is 1.18. The highest BCUT2D eigenvalue weighted by Gasteiger charge is 2.27. The molecule has 0 bridgehead atoms. The first-order valence-electron chi connectivity index (χ1n) is 12.7. The van der Waals surface area contributed by atoms with E-state index in [2.05, 4.69) is 4.90 Å². The highest BCUT2D eigenvalue weighted by molar-refractivity contribution is 7.89. The van der Waals surface area contributed by atoms with Crippen LogP contribution in [0.25, 0.3) is 10.2 Å². The van der Waals surface area contributed by atoms with Gasteiger partial charge in [-0.05, 0) is 42.8 Å². The fraction of sp³-hybridized carbons (Fsp3) is 0.462. The Kier molecular flexibility index (Phi) is 8.56. The van der Waals surface area contributed by atoms with Crippen LogP contribution in [-0.4, -0.2) is 101 Å². The van der Waals surface area contributed by atoms with Crippen LogP contribution in [0.15, 0.2) is 47.4 Å². The van der Waals surface area contributed by atoms with E-state index in [1.165, 1.54) is 27.8 Å². The Bertz CT molecular complexity index is 1350. The van der Waals surface area contributed by atoms with Crippen LogP contribution in [0.3, 0.4) is 0 Å². The quantitative estimate of drug-likeness (QED) is 0.394. The van der Waals surface area contributed by atoms with E-state index in [0.717, 1.165) is 49.5 Å². The molecule has 0 unspecified atom stereocenters. The minimum Gasteiger partial charge on any atom is -0.497 e. The second kappa shape index (κ2) is 12.1. The van der Waals surface area contributed by atoms with E-state index in [0.29, 0.717) is 49.3 Å². The van der Waals surface area contributed by atoms with Gasteiger partial charge in [0.05, 0.1) is 48.6 Å². The van der Waals surface area contributed by atoms with Gasteiger partial charge in [0.2, 0.25) is 10.0 Å². The number of thiazole rings is 1. The van der Waals surface area contributed by atoms with E-state index in [-0.39, 0.29) is 10.8 Å². The maximum atomic E-state index is 13.7. The summed E-state index contributed by atoms with van der Waals surface area (Å²) in [7, 11) is -2.03. The summed E-state index contributed by atoms with van der Waals surface area (Å²) in [6.45, 7) is 5.95. The second-order valence-corrected chi connectivity index (χ2v) is 12.1. The van der Waals surface area contributed by atoms with Crippen LogP contribution in [0, 0.1) is 0 Å². The lowest BCUT2D eigenvalue weighted by atomic mass is 10.2. The molecule has 0 saturated carbocycles. The lowest BCUT2D eigenvalue weighted by Gasteiger charge is -2.28. The molecular weight excluding hydrogens is 528 g/mol. The number of benzene rings is 2. The largest absolute Gasteiger partial charge is 0.497 e. The van der Waals surface area contributed by atoms with Crippen LogP contribution >= 0.6 is 11.3 Å². The normalized spacial score (nSPS) is 17.5. The molecule has 12 heteroatoms. The summed E-state index contributed by atoms with van der Waals surface area (Å²) in [6, 6.07) is 11.9. The van der Waals surface area contributed by atoms with Crippen LogP contribution in [0.1, 0.15) is 16.8 Å². The van der Waals surface area contributed by atoms with Crippen molar-refractivity contribution in [3.8, 4) is 5.75 Å². The number of aromatic nitrogens is 1. The minimum atomic E-state index is -3.64. The molecule has 2 aliphatic rings. The molecule has 38 heavy (non-hydrogen) atoms. The molecule has 0 radical (unpaired) electrons. The molecule has 3 aromatic rings. The van der Waals surface area contributed by atoms with Gasteiger partial charge in [-0.15, -0.1) is 0 Å². The summed E-state index contributed by atoms with van der Waals surface area (Å²) in [5, 5.41) is 0.602. The van der Waals surface area contributed by atoms with E-state index < -0.39 is 10.0 Å². The second-order valence-electron chi connectivity index (χ2n) is 9.14. The average molecular weight is 561 g/mol. The maximum absolute atomic E-state index is 13.7. The average Bonchev–Trinajstić information content (AvgIpc) is 3.39. The van der Waals surface area contributed by atoms with E-state index in [1.54, 1.807) is 24.1 Å². The van der Waals surface area contributed by atoms with E-state index in [1.807, 2.05) is 18.2 Å². The third-order valence-corrected chi connectivity index (χ3v) is 9.70. The van der Waals surface area contributed by atoms with Gasteiger partial charge in [-0.3, -0.25) is 14.6 Å². The predicted molar refractivity (Wildman–Crippen MR) is 146 cm³/mol. The van der Waals surface area contributed by atoms with Crippen molar-refractivity contribution in [3.63, 3.8) is 0 Å². The number of methoxy groups -OCH3 is 1. The Morgan fingerprint density at radius 3 is 2.39 bits per heavy atom. The molecule has 3 heterocycles. The molecule has 204 valence electrons. The Labute approximate surface area is 226 Å². The van der Waals surface area contributed by atoms with Crippen molar-refractivity contribution < 1.29 is 27.4 Å². The molecule has 2 saturated heterocycles. The lowest BCUT2D eigenvalue weighted by Crippen LogP contribution is -2.40. The van der Waals surface area contributed by atoms with Crippen LogP contribution in [-0.2, 0) is 19.5 Å². The molecule has 10 nitrogen and oxygen atoms in total. The molecule has 0 spiro atoms. The molecule has 0 N–H and O–H groups in total. The van der Waals surface area contributed by atoms with Gasteiger partial charge in [-0.25, -0.2) is 13.4 Å². The molecule has 2 aromatic carbocycles. The fourth-order valence-corrected chi connectivity index (χ4v) is 6.94. The number of morpholine rings is 2. The standard InChI is InChI=1S/C26H32N4O6S2/c1-34-21-5-8-24-23(19-21)27-26(37-24)30(10-2-9-28-11-15-35-16-12-28)25(31)20-3-6-22(7-4-20)38(32,33)29-13-17-36-18-14-29/h3-8,19H,2,9-18H2,1H3. The van der Waals surface area contributed by atoms with Crippen molar-refractivity contribution in [1.29, 1.82) is 0 Å². The number of ether oxygens (including phenoxy) is 3. The first-order chi connectivity index (χ1) is 18.5. The molecule has 5 rings (SSSR count). The van der Waals surface area contributed by atoms with Gasteiger partial charge >= 0.3 is 0 Å². The minimum absolute atomic E-state index is 0.168. The first kappa shape index (κ1) is 27.0. The van der Waals surface area contributed by atoms with Crippen molar-refractivity contribution >= 4 is 42.6 Å². The predicted octanol–water partition coefficient (Wildman–Crippen LogP) is 2.69. The molecule has 1 aromatic heterocycles. The summed E-state index contributed by atoms with van der Waals surface area (Å²) in [4.78, 5) is 22.7. The van der Waals surface area contributed by atoms with Crippen molar-refractivity contribution in [2.45, 2.75) is 11.3 Å². The Hall–Kier alpha value is -2.61. The summed E-state index contributed by atoms with van der Waals surface area (Å²) in [5.74, 6) is 0.491. The Morgan fingerprint density at radius 2 is 1.71 bits per heavy atom. The van der Waals surface area contributed by atoms with Gasteiger partial charge in [0.15, 0.2) is 5.13 Å². The van der Waals surface area contributed by atoms with Crippen LogP contribution in [0.2, 0.25) is 0 Å². The van der Waals surface area contributed by atoms with Crippen LogP contribution in [0.4, 0.5) is 5.13 Å². The number of rotatable bonds is 9. The van der Waals surface area contributed by atoms with Gasteiger partial charge in [0.25, 0.3) is 5.91 Å². The zero-order valence-corrected chi connectivity index (χ0v) is 23.0. The summed E-state index contributed by atoms with van der Waals surface area (Å²) in [6.07, 6.45) is 0.772. The van der Waals surface area contributed by atoms with E-state index >= 15 is 0 Å². The number of sulfonamides is 1. The number of hydrogen-bond acceptors (Lipinski definition) is 9. The zero-order valence-electron chi connectivity index (χ0n) is 21.4. The highest BCUT2D eigenvalue weighted by Crippen LogP contribution is 2.32. The monoisotopic (exact) mass is 560 g/mol. The number of carbonyl (C=O) groups is 1. The number of fused-ring (bicyclic) bond motifs is 1. The fourth-order valence-electron chi connectivity index (χ4n) is 4.56. The van der Waals surface area contributed by atoms with Crippen molar-refractivity contribution in [1.82, 2.24) is 14.2 Å². The smallest absolute Gasteiger partial charge is 0.260 e. The third kappa shape index (κ3) is 6.00. The third-order valence-electron chi connectivity index (χ3n) is 6.73. The maximum Gasteiger partial charge on any atom is 0.260 e. The van der Waals surface area contributed by atoms with Gasteiger partial charge in [-0.2, -0.15) is 4.31 Å². The summed E-state index contributed by atoms with van der Waals surface area (Å²) < 4.78 is 44.4. The van der Waals surface area contributed by atoms with E-state index in [4.69, 9.17) is 19.2 Å². The lowest BCUT2D eigenvalue weighted by molar-refractivity contribution is 0.0376. The Balaban J connectivity index is 1.37. The zero-order chi connectivity index (χ0) is 26.5. The van der Waals surface area contributed by atoms with Crippen LogP contribution < -0.4 is 9.64 Å². The first-order valence-corrected chi connectivity index (χ1v) is 15.0. The molecule has 2 aliphatic heterocycles. The molecular formula is C26H32N4O6S2.